The minimum Gasteiger partial charge on any atom is -0.394 e. The van der Waals surface area contributed by atoms with Crippen molar-refractivity contribution in [2.45, 2.75) is 81.5 Å². The monoisotopic (exact) mass is 520 g/mol. The van der Waals surface area contributed by atoms with Crippen LogP contribution in [0.4, 0.5) is 0 Å². The van der Waals surface area contributed by atoms with Crippen LogP contribution in [-0.2, 0) is 41.6 Å². The molecule has 2 fully saturated rings. The molecule has 0 bridgehead atoms. The van der Waals surface area contributed by atoms with Crippen molar-refractivity contribution in [1.29, 1.82) is 0 Å². The molecule has 4 N–H and O–H groups in total. The topological polar surface area (TPSA) is 136 Å². The van der Waals surface area contributed by atoms with Gasteiger partial charge in [-0.3, -0.25) is 0 Å². The molecule has 10 atom stereocenters. The van der Waals surface area contributed by atoms with Crippen molar-refractivity contribution in [3.8, 4) is 0 Å². The van der Waals surface area contributed by atoms with E-state index in [0.29, 0.717) is 0 Å². The lowest BCUT2D eigenvalue weighted by atomic mass is 9.97. The van der Waals surface area contributed by atoms with Gasteiger partial charge in [-0.2, -0.15) is 0 Å². The van der Waals surface area contributed by atoms with Crippen LogP contribution in [0.3, 0.4) is 0 Å². The number of benzene rings is 2. The zero-order valence-electron chi connectivity index (χ0n) is 20.9. The van der Waals surface area contributed by atoms with Gasteiger partial charge < -0.3 is 48.8 Å². The van der Waals surface area contributed by atoms with Crippen LogP contribution in [0.1, 0.15) is 18.1 Å². The van der Waals surface area contributed by atoms with Gasteiger partial charge in [0.1, 0.15) is 42.7 Å². The highest BCUT2D eigenvalue weighted by atomic mass is 16.7. The predicted octanol–water partition coefficient (Wildman–Crippen LogP) is 0.734. The standard InChI is InChI=1S/C27H36O10/c1-16-23(37-26-22(31)21(30)20(29)19(13-28)36-26)24(33-14-17-9-5-3-6-10-17)25(27(32-2)35-16)34-15-18-11-7-4-8-12-18/h3-12,16,19-31H,13-15H2,1-2H3/t16-,19+,20+,21-,22-,23+,24+,25+,26+,27+/m1/s1. The molecule has 0 spiro atoms. The minimum absolute atomic E-state index is 0.244. The average molecular weight is 521 g/mol. The van der Waals surface area contributed by atoms with Crippen LogP contribution in [0, 0.1) is 0 Å². The van der Waals surface area contributed by atoms with E-state index in [1.807, 2.05) is 60.7 Å². The molecule has 0 aromatic heterocycles. The summed E-state index contributed by atoms with van der Waals surface area (Å²) in [5, 5.41) is 40.5. The molecular weight excluding hydrogens is 484 g/mol. The van der Waals surface area contributed by atoms with E-state index in [1.165, 1.54) is 7.11 Å². The first-order valence-corrected chi connectivity index (χ1v) is 12.4. The molecule has 2 heterocycles. The first-order chi connectivity index (χ1) is 17.9. The minimum atomic E-state index is -1.57. The molecule has 2 saturated heterocycles. The van der Waals surface area contributed by atoms with E-state index in [-0.39, 0.29) is 13.2 Å². The third-order valence-electron chi connectivity index (χ3n) is 6.67. The fourth-order valence-corrected chi connectivity index (χ4v) is 4.58. The summed E-state index contributed by atoms with van der Waals surface area (Å²) in [6.07, 6.45) is -10.7. The van der Waals surface area contributed by atoms with Crippen molar-refractivity contribution in [3.63, 3.8) is 0 Å². The zero-order chi connectivity index (χ0) is 26.4. The van der Waals surface area contributed by atoms with Crippen LogP contribution >= 0.6 is 0 Å². The molecule has 10 heteroatoms. The molecule has 10 nitrogen and oxygen atoms in total. The summed E-state index contributed by atoms with van der Waals surface area (Å²) >= 11 is 0. The molecule has 2 aromatic rings. The van der Waals surface area contributed by atoms with Crippen molar-refractivity contribution in [2.24, 2.45) is 0 Å². The van der Waals surface area contributed by atoms with E-state index in [4.69, 9.17) is 28.4 Å². The van der Waals surface area contributed by atoms with Crippen LogP contribution in [0.15, 0.2) is 60.7 Å². The first-order valence-electron chi connectivity index (χ1n) is 12.4. The first kappa shape index (κ1) is 28.1. The maximum atomic E-state index is 10.6. The van der Waals surface area contributed by atoms with Gasteiger partial charge in [0.15, 0.2) is 12.6 Å². The third kappa shape index (κ3) is 6.73. The van der Waals surface area contributed by atoms with E-state index in [1.54, 1.807) is 6.92 Å². The highest BCUT2D eigenvalue weighted by Gasteiger charge is 2.51. The Kier molecular flexibility index (Phi) is 10.0. The molecule has 0 saturated carbocycles. The van der Waals surface area contributed by atoms with Gasteiger partial charge in [-0.15, -0.1) is 0 Å². The molecule has 0 aliphatic carbocycles. The van der Waals surface area contributed by atoms with Gasteiger partial charge in [0.05, 0.1) is 25.9 Å². The van der Waals surface area contributed by atoms with Gasteiger partial charge in [-0.05, 0) is 18.1 Å². The van der Waals surface area contributed by atoms with E-state index in [2.05, 4.69) is 0 Å². The van der Waals surface area contributed by atoms with Gasteiger partial charge >= 0.3 is 0 Å². The largest absolute Gasteiger partial charge is 0.394 e. The predicted molar refractivity (Wildman–Crippen MR) is 130 cm³/mol. The highest BCUT2D eigenvalue weighted by Crippen LogP contribution is 2.33. The lowest BCUT2D eigenvalue weighted by molar-refractivity contribution is -0.361. The van der Waals surface area contributed by atoms with Crippen LogP contribution in [0.5, 0.6) is 0 Å². The van der Waals surface area contributed by atoms with Crippen molar-refractivity contribution in [3.05, 3.63) is 71.8 Å². The summed E-state index contributed by atoms with van der Waals surface area (Å²) < 4.78 is 36.0. The van der Waals surface area contributed by atoms with Crippen molar-refractivity contribution < 1.29 is 48.8 Å². The second-order valence-electron chi connectivity index (χ2n) is 9.27. The summed E-state index contributed by atoms with van der Waals surface area (Å²) in [5.74, 6) is 0. The number of aliphatic hydroxyl groups is 4. The maximum Gasteiger partial charge on any atom is 0.187 e. The third-order valence-corrected chi connectivity index (χ3v) is 6.67. The maximum absolute atomic E-state index is 10.6. The molecule has 2 aromatic carbocycles. The lowest BCUT2D eigenvalue weighted by Gasteiger charge is -2.47. The van der Waals surface area contributed by atoms with Crippen molar-refractivity contribution in [1.82, 2.24) is 0 Å². The Labute approximate surface area is 216 Å². The molecular formula is C27H36O10. The molecule has 2 aliphatic heterocycles. The molecule has 0 radical (unpaired) electrons. The molecule has 0 unspecified atom stereocenters. The molecule has 37 heavy (non-hydrogen) atoms. The highest BCUT2D eigenvalue weighted by molar-refractivity contribution is 5.14. The van der Waals surface area contributed by atoms with Crippen molar-refractivity contribution in [2.75, 3.05) is 13.7 Å². The van der Waals surface area contributed by atoms with Crippen LogP contribution in [-0.4, -0.2) is 95.6 Å². The molecule has 204 valence electrons. The fourth-order valence-electron chi connectivity index (χ4n) is 4.58. The summed E-state index contributed by atoms with van der Waals surface area (Å²) in [6, 6.07) is 19.2. The smallest absolute Gasteiger partial charge is 0.187 e. The second kappa shape index (κ2) is 13.2. The number of hydrogen-bond donors (Lipinski definition) is 4. The van der Waals surface area contributed by atoms with E-state index in [9.17, 15) is 20.4 Å². The van der Waals surface area contributed by atoms with Gasteiger partial charge in [-0.25, -0.2) is 0 Å². The Hall–Kier alpha value is -1.96. The molecule has 4 rings (SSSR count). The number of aliphatic hydroxyl groups excluding tert-OH is 4. The van der Waals surface area contributed by atoms with Gasteiger partial charge in [0, 0.05) is 7.11 Å². The zero-order valence-corrected chi connectivity index (χ0v) is 20.9. The number of ether oxygens (including phenoxy) is 6. The molecule has 0 amide bonds. The average Bonchev–Trinajstić information content (AvgIpc) is 2.93. The van der Waals surface area contributed by atoms with E-state index >= 15 is 0 Å². The summed E-state index contributed by atoms with van der Waals surface area (Å²) in [6.45, 7) is 1.71. The van der Waals surface area contributed by atoms with Gasteiger partial charge in [-0.1, -0.05) is 60.7 Å². The van der Waals surface area contributed by atoms with E-state index in [0.717, 1.165) is 11.1 Å². The Morgan fingerprint density at radius 2 is 1.27 bits per heavy atom. The Morgan fingerprint density at radius 3 is 1.81 bits per heavy atom. The molecule has 2 aliphatic rings. The number of methoxy groups -OCH3 is 1. The lowest BCUT2D eigenvalue weighted by Crippen LogP contribution is -2.64. The van der Waals surface area contributed by atoms with Crippen molar-refractivity contribution >= 4 is 0 Å². The SMILES string of the molecule is CO[C@H]1O[C@H](C)[C@H](O[C@@H]2O[C@@H](CO)[C@H](O)[C@@H](O)[C@H]2O)[C@H](OCc2ccccc2)[C@@H]1OCc1ccccc1. The number of hydrogen-bond acceptors (Lipinski definition) is 10. The van der Waals surface area contributed by atoms with Crippen LogP contribution in [0.2, 0.25) is 0 Å². The quantitative estimate of drug-likeness (QED) is 0.355. The summed E-state index contributed by atoms with van der Waals surface area (Å²) in [4.78, 5) is 0. The van der Waals surface area contributed by atoms with Gasteiger partial charge in [0.2, 0.25) is 0 Å². The Bertz CT molecular complexity index is 929. The van der Waals surface area contributed by atoms with Gasteiger partial charge in [0.25, 0.3) is 0 Å². The summed E-state index contributed by atoms with van der Waals surface area (Å²) in [5.41, 5.74) is 1.88. The van der Waals surface area contributed by atoms with Crippen LogP contribution in [0.25, 0.3) is 0 Å². The normalized spacial score (nSPS) is 36.4. The fraction of sp³-hybridized carbons (Fsp3) is 0.556. The second-order valence-corrected chi connectivity index (χ2v) is 9.27. The van der Waals surface area contributed by atoms with E-state index < -0.39 is 68.0 Å². The number of rotatable bonds is 10. The van der Waals surface area contributed by atoms with Crippen LogP contribution < -0.4 is 0 Å². The Morgan fingerprint density at radius 1 is 0.703 bits per heavy atom. The summed E-state index contributed by atoms with van der Waals surface area (Å²) in [7, 11) is 1.52. The Balaban J connectivity index is 1.58.